The van der Waals surface area contributed by atoms with Gasteiger partial charge in [0.15, 0.2) is 0 Å². The number of amides is 1. The van der Waals surface area contributed by atoms with Crippen molar-refractivity contribution in [2.75, 3.05) is 13.7 Å². The zero-order chi connectivity index (χ0) is 25.5. The Morgan fingerprint density at radius 2 is 2.06 bits per heavy atom. The van der Waals surface area contributed by atoms with E-state index >= 15 is 0 Å². The molecular formula is C27H28F2N4O3. The number of nitrogens with two attached hydrogens (primary N) is 1. The van der Waals surface area contributed by atoms with E-state index in [9.17, 15) is 13.6 Å². The molecule has 9 heteroatoms. The first-order valence-electron chi connectivity index (χ1n) is 11.7. The third-order valence-electron chi connectivity index (χ3n) is 6.01. The molecule has 0 radical (unpaired) electrons. The highest BCUT2D eigenvalue weighted by Gasteiger charge is 2.31. The van der Waals surface area contributed by atoms with Crippen molar-refractivity contribution in [1.82, 2.24) is 15.3 Å². The third kappa shape index (κ3) is 6.50. The molecule has 1 aromatic carbocycles. The van der Waals surface area contributed by atoms with Gasteiger partial charge in [0.2, 0.25) is 11.8 Å². The van der Waals surface area contributed by atoms with Gasteiger partial charge in [-0.05, 0) is 43.2 Å². The quantitative estimate of drug-likeness (QED) is 0.466. The smallest absolute Gasteiger partial charge is 0.220 e. The summed E-state index contributed by atoms with van der Waals surface area (Å²) < 4.78 is 38.6. The lowest BCUT2D eigenvalue weighted by Gasteiger charge is -2.35. The fourth-order valence-corrected chi connectivity index (χ4v) is 4.21. The lowest BCUT2D eigenvalue weighted by Crippen LogP contribution is -2.48. The lowest BCUT2D eigenvalue weighted by atomic mass is 9.95. The Morgan fingerprint density at radius 3 is 2.86 bits per heavy atom. The number of halogens is 2. The van der Waals surface area contributed by atoms with Gasteiger partial charge in [-0.1, -0.05) is 24.3 Å². The van der Waals surface area contributed by atoms with Crippen LogP contribution in [0.5, 0.6) is 5.88 Å². The average Bonchev–Trinajstić information content (AvgIpc) is 2.87. The van der Waals surface area contributed by atoms with Crippen molar-refractivity contribution in [3.63, 3.8) is 0 Å². The Labute approximate surface area is 208 Å². The number of nitrogens with one attached hydrogen (secondary N) is 1. The van der Waals surface area contributed by atoms with E-state index in [1.807, 2.05) is 24.3 Å². The van der Waals surface area contributed by atoms with Crippen molar-refractivity contribution in [3.05, 3.63) is 77.5 Å². The molecule has 7 nitrogen and oxygen atoms in total. The Balaban J connectivity index is 1.40. The van der Waals surface area contributed by atoms with E-state index < -0.39 is 23.6 Å². The van der Waals surface area contributed by atoms with Crippen LogP contribution in [0.3, 0.4) is 0 Å². The predicted molar refractivity (Wildman–Crippen MR) is 134 cm³/mol. The van der Waals surface area contributed by atoms with Crippen molar-refractivity contribution in [2.45, 2.75) is 37.5 Å². The van der Waals surface area contributed by atoms with Crippen molar-refractivity contribution in [1.29, 1.82) is 0 Å². The highest BCUT2D eigenvalue weighted by atomic mass is 19.1. The summed E-state index contributed by atoms with van der Waals surface area (Å²) in [6.07, 6.45) is 9.75. The van der Waals surface area contributed by atoms with Gasteiger partial charge in [0.05, 0.1) is 36.8 Å². The standard InChI is InChI=1S/C27H28F2N4O3/c1-35-26-11-10-23-27(33-26)17(12-14-32-23)4-6-20-7-9-22(24(36-20)16-25(30)34)31-13-2-3-18-15-19(28)5-8-21(18)29/h2-6,8,10-12,14-15,20,22,24,31H,7,9,13,16H2,1H3,(H2,30,34)/t20-,22-,24-/m1/s1. The molecule has 1 aliphatic heterocycles. The molecule has 0 unspecified atom stereocenters. The topological polar surface area (TPSA) is 99.4 Å². The molecule has 3 N–H and O–H groups in total. The van der Waals surface area contributed by atoms with E-state index in [4.69, 9.17) is 15.2 Å². The minimum Gasteiger partial charge on any atom is -0.481 e. The first-order valence-corrected chi connectivity index (χ1v) is 11.7. The summed E-state index contributed by atoms with van der Waals surface area (Å²) >= 11 is 0. The minimum absolute atomic E-state index is 0.0706. The van der Waals surface area contributed by atoms with E-state index in [2.05, 4.69) is 15.3 Å². The number of hydrogen-bond donors (Lipinski definition) is 2. The van der Waals surface area contributed by atoms with E-state index in [1.54, 1.807) is 25.4 Å². The molecule has 3 aromatic rings. The number of pyridine rings is 2. The summed E-state index contributed by atoms with van der Waals surface area (Å²) in [7, 11) is 1.56. The first kappa shape index (κ1) is 25.4. The monoisotopic (exact) mass is 494 g/mol. The summed E-state index contributed by atoms with van der Waals surface area (Å²) in [5.41, 5.74) is 7.99. The molecule has 3 atom stereocenters. The zero-order valence-electron chi connectivity index (χ0n) is 19.9. The number of fused-ring (bicyclic) bond motifs is 1. The van der Waals surface area contributed by atoms with Crippen LogP contribution >= 0.6 is 0 Å². The van der Waals surface area contributed by atoms with Gasteiger partial charge in [-0.2, -0.15) is 0 Å². The van der Waals surface area contributed by atoms with E-state index in [0.717, 1.165) is 47.6 Å². The van der Waals surface area contributed by atoms with Gasteiger partial charge in [-0.3, -0.25) is 9.78 Å². The number of carbonyl (C=O) groups is 1. The Hall–Kier alpha value is -3.69. The molecule has 1 aliphatic rings. The molecule has 4 rings (SSSR count). The molecule has 2 aromatic heterocycles. The van der Waals surface area contributed by atoms with Crippen LogP contribution in [0.2, 0.25) is 0 Å². The summed E-state index contributed by atoms with van der Waals surface area (Å²) in [5, 5.41) is 3.32. The van der Waals surface area contributed by atoms with Crippen LogP contribution in [0, 0.1) is 11.6 Å². The molecule has 3 heterocycles. The van der Waals surface area contributed by atoms with Crippen LogP contribution in [0.25, 0.3) is 23.2 Å². The maximum atomic E-state index is 13.8. The predicted octanol–water partition coefficient (Wildman–Crippen LogP) is 4.02. The summed E-state index contributed by atoms with van der Waals surface area (Å²) in [6.45, 7) is 0.399. The van der Waals surface area contributed by atoms with Gasteiger partial charge < -0.3 is 20.5 Å². The van der Waals surface area contributed by atoms with E-state index in [0.29, 0.717) is 12.4 Å². The second-order valence-electron chi connectivity index (χ2n) is 8.52. The molecule has 0 bridgehead atoms. The zero-order valence-corrected chi connectivity index (χ0v) is 19.9. The fraction of sp³-hybridized carbons (Fsp3) is 0.296. The molecule has 0 saturated carbocycles. The number of ether oxygens (including phenoxy) is 2. The van der Waals surface area contributed by atoms with Gasteiger partial charge in [-0.25, -0.2) is 13.8 Å². The van der Waals surface area contributed by atoms with E-state index in [1.165, 1.54) is 6.08 Å². The molecule has 0 aliphatic carbocycles. The fourth-order valence-electron chi connectivity index (χ4n) is 4.21. The van der Waals surface area contributed by atoms with Crippen LogP contribution in [0.4, 0.5) is 8.78 Å². The summed E-state index contributed by atoms with van der Waals surface area (Å²) in [6, 6.07) is 8.68. The molecular weight excluding hydrogens is 466 g/mol. The summed E-state index contributed by atoms with van der Waals surface area (Å²) in [5.74, 6) is -0.945. The Kier molecular flexibility index (Phi) is 8.35. The molecule has 1 amide bonds. The van der Waals surface area contributed by atoms with Gasteiger partial charge in [0.25, 0.3) is 0 Å². The number of hydrogen-bond acceptors (Lipinski definition) is 6. The molecule has 0 spiro atoms. The van der Waals surface area contributed by atoms with Crippen LogP contribution in [-0.2, 0) is 9.53 Å². The molecule has 188 valence electrons. The Bertz CT molecular complexity index is 1280. The largest absolute Gasteiger partial charge is 0.481 e. The van der Waals surface area contributed by atoms with Crippen molar-refractivity contribution in [3.8, 4) is 5.88 Å². The van der Waals surface area contributed by atoms with Crippen LogP contribution in [0.15, 0.2) is 54.7 Å². The average molecular weight is 495 g/mol. The van der Waals surface area contributed by atoms with Gasteiger partial charge in [-0.15, -0.1) is 0 Å². The summed E-state index contributed by atoms with van der Waals surface area (Å²) in [4.78, 5) is 20.5. The Morgan fingerprint density at radius 1 is 1.19 bits per heavy atom. The second-order valence-corrected chi connectivity index (χ2v) is 8.52. The SMILES string of the molecule is COc1ccc2nccc(C=C[C@@H]3CC[C@@H](NCC=Cc4cc(F)ccc4F)[C@@H](CC(N)=O)O3)c2n1. The molecule has 1 saturated heterocycles. The van der Waals surface area contributed by atoms with Gasteiger partial charge >= 0.3 is 0 Å². The van der Waals surface area contributed by atoms with Crippen molar-refractivity contribution in [2.24, 2.45) is 5.73 Å². The number of methoxy groups -OCH3 is 1. The van der Waals surface area contributed by atoms with E-state index in [-0.39, 0.29) is 24.1 Å². The third-order valence-corrected chi connectivity index (χ3v) is 6.01. The number of primary amides is 1. The first-order chi connectivity index (χ1) is 17.4. The van der Waals surface area contributed by atoms with Gasteiger partial charge in [0, 0.05) is 36.0 Å². The van der Waals surface area contributed by atoms with Crippen LogP contribution < -0.4 is 15.8 Å². The van der Waals surface area contributed by atoms with Crippen LogP contribution in [-0.4, -0.2) is 47.8 Å². The highest BCUT2D eigenvalue weighted by molar-refractivity contribution is 5.84. The number of carbonyl (C=O) groups excluding carboxylic acids is 1. The molecule has 36 heavy (non-hydrogen) atoms. The molecule has 1 fully saturated rings. The lowest BCUT2D eigenvalue weighted by molar-refractivity contribution is -0.124. The van der Waals surface area contributed by atoms with Crippen molar-refractivity contribution < 1.29 is 23.0 Å². The van der Waals surface area contributed by atoms with Crippen molar-refractivity contribution >= 4 is 29.1 Å². The van der Waals surface area contributed by atoms with Gasteiger partial charge in [0.1, 0.15) is 11.6 Å². The maximum absolute atomic E-state index is 13.8. The number of aromatic nitrogens is 2. The number of rotatable bonds is 9. The second kappa shape index (κ2) is 11.8. The highest BCUT2D eigenvalue weighted by Crippen LogP contribution is 2.25. The van der Waals surface area contributed by atoms with Crippen LogP contribution in [0.1, 0.15) is 30.4 Å². The number of nitrogens with zero attached hydrogens (tertiary/aromatic N) is 2. The normalized spacial score (nSPS) is 20.4. The minimum atomic E-state index is -0.500. The maximum Gasteiger partial charge on any atom is 0.220 e. The number of benzene rings is 1.